The van der Waals surface area contributed by atoms with E-state index in [1.807, 2.05) is 0 Å². The van der Waals surface area contributed by atoms with Crippen LogP contribution in [-0.2, 0) is 14.8 Å². The molecule has 0 spiro atoms. The predicted octanol–water partition coefficient (Wildman–Crippen LogP) is 1.38. The SMILES string of the molecule is COc1ccccc1N(CC(N)=O)S(=O)(=O)c1ccccc1. The summed E-state index contributed by atoms with van der Waals surface area (Å²) in [6.07, 6.45) is 0. The van der Waals surface area contributed by atoms with E-state index in [0.29, 0.717) is 5.75 Å². The first-order valence-corrected chi connectivity index (χ1v) is 7.90. The highest BCUT2D eigenvalue weighted by atomic mass is 32.2. The van der Waals surface area contributed by atoms with Crippen LogP contribution in [0.25, 0.3) is 0 Å². The van der Waals surface area contributed by atoms with Crippen molar-refractivity contribution in [2.75, 3.05) is 18.0 Å². The first-order valence-electron chi connectivity index (χ1n) is 6.46. The number of carbonyl (C=O) groups excluding carboxylic acids is 1. The van der Waals surface area contributed by atoms with Gasteiger partial charge in [0.25, 0.3) is 10.0 Å². The Morgan fingerprint density at radius 3 is 2.27 bits per heavy atom. The first-order chi connectivity index (χ1) is 10.5. The smallest absolute Gasteiger partial charge is 0.264 e. The molecule has 0 saturated heterocycles. The zero-order valence-corrected chi connectivity index (χ0v) is 12.8. The largest absolute Gasteiger partial charge is 0.495 e. The Hall–Kier alpha value is -2.54. The van der Waals surface area contributed by atoms with Gasteiger partial charge in [-0.3, -0.25) is 9.10 Å². The predicted molar refractivity (Wildman–Crippen MR) is 83.2 cm³/mol. The van der Waals surface area contributed by atoms with Crippen LogP contribution in [0.5, 0.6) is 5.75 Å². The Balaban J connectivity index is 2.58. The maximum atomic E-state index is 12.8. The molecule has 2 aromatic carbocycles. The maximum absolute atomic E-state index is 12.8. The highest BCUT2D eigenvalue weighted by Gasteiger charge is 2.28. The molecule has 0 unspecified atom stereocenters. The lowest BCUT2D eigenvalue weighted by molar-refractivity contribution is -0.116. The summed E-state index contributed by atoms with van der Waals surface area (Å²) < 4.78 is 31.7. The van der Waals surface area contributed by atoms with Crippen molar-refractivity contribution in [3.8, 4) is 5.75 Å². The Morgan fingerprint density at radius 2 is 1.68 bits per heavy atom. The zero-order chi connectivity index (χ0) is 16.2. The maximum Gasteiger partial charge on any atom is 0.264 e. The Morgan fingerprint density at radius 1 is 1.09 bits per heavy atom. The van der Waals surface area contributed by atoms with Crippen molar-refractivity contribution in [1.82, 2.24) is 0 Å². The summed E-state index contributed by atoms with van der Waals surface area (Å²) in [6.45, 7) is -0.475. The Kier molecular flexibility index (Phi) is 4.67. The highest BCUT2D eigenvalue weighted by Crippen LogP contribution is 2.31. The topological polar surface area (TPSA) is 89.7 Å². The third-order valence-electron chi connectivity index (χ3n) is 2.98. The zero-order valence-electron chi connectivity index (χ0n) is 12.0. The monoisotopic (exact) mass is 320 g/mol. The van der Waals surface area contributed by atoms with Gasteiger partial charge in [-0.05, 0) is 24.3 Å². The summed E-state index contributed by atoms with van der Waals surface area (Å²) >= 11 is 0. The van der Waals surface area contributed by atoms with Crippen LogP contribution in [0.4, 0.5) is 5.69 Å². The molecule has 0 radical (unpaired) electrons. The van der Waals surface area contributed by atoms with Crippen LogP contribution in [-0.4, -0.2) is 28.0 Å². The number of para-hydroxylation sites is 2. The van der Waals surface area contributed by atoms with Crippen molar-refractivity contribution in [3.05, 3.63) is 54.6 Å². The molecule has 0 atom stereocenters. The summed E-state index contributed by atoms with van der Waals surface area (Å²) in [5, 5.41) is 0. The fourth-order valence-electron chi connectivity index (χ4n) is 2.00. The van der Waals surface area contributed by atoms with Crippen LogP contribution < -0.4 is 14.8 Å². The number of nitrogens with zero attached hydrogens (tertiary/aromatic N) is 1. The molecule has 0 aromatic heterocycles. The first kappa shape index (κ1) is 15.8. The van der Waals surface area contributed by atoms with Gasteiger partial charge in [0.05, 0.1) is 17.7 Å². The molecular weight excluding hydrogens is 304 g/mol. The van der Waals surface area contributed by atoms with E-state index in [2.05, 4.69) is 0 Å². The van der Waals surface area contributed by atoms with Crippen molar-refractivity contribution in [2.45, 2.75) is 4.90 Å². The molecule has 0 aliphatic carbocycles. The number of amides is 1. The van der Waals surface area contributed by atoms with E-state index in [1.165, 1.54) is 19.2 Å². The standard InChI is InChI=1S/C15H16N2O4S/c1-21-14-10-6-5-9-13(14)17(11-15(16)18)22(19,20)12-7-3-2-4-8-12/h2-10H,11H2,1H3,(H2,16,18). The van der Waals surface area contributed by atoms with Crippen LogP contribution in [0.1, 0.15) is 0 Å². The van der Waals surface area contributed by atoms with Crippen LogP contribution in [0.3, 0.4) is 0 Å². The summed E-state index contributed by atoms with van der Waals surface area (Å²) in [4.78, 5) is 11.4. The lowest BCUT2D eigenvalue weighted by atomic mass is 10.3. The molecular formula is C15H16N2O4S. The summed E-state index contributed by atoms with van der Waals surface area (Å²) in [6, 6.07) is 14.4. The average Bonchev–Trinajstić information content (AvgIpc) is 2.53. The van der Waals surface area contributed by atoms with Gasteiger partial charge in [0, 0.05) is 0 Å². The lowest BCUT2D eigenvalue weighted by Gasteiger charge is -2.24. The van der Waals surface area contributed by atoms with Gasteiger partial charge < -0.3 is 10.5 Å². The van der Waals surface area contributed by atoms with Gasteiger partial charge in [0.2, 0.25) is 5.91 Å². The van der Waals surface area contributed by atoms with E-state index in [1.54, 1.807) is 42.5 Å². The molecule has 0 bridgehead atoms. The van der Waals surface area contributed by atoms with Crippen molar-refractivity contribution in [3.63, 3.8) is 0 Å². The van der Waals surface area contributed by atoms with Crippen molar-refractivity contribution in [2.24, 2.45) is 5.73 Å². The van der Waals surface area contributed by atoms with Crippen molar-refractivity contribution in [1.29, 1.82) is 0 Å². The van der Waals surface area contributed by atoms with Crippen LogP contribution >= 0.6 is 0 Å². The minimum atomic E-state index is -3.93. The number of carbonyl (C=O) groups is 1. The second-order valence-corrected chi connectivity index (χ2v) is 6.33. The molecule has 2 aromatic rings. The number of anilines is 1. The number of nitrogens with two attached hydrogens (primary N) is 1. The Bertz CT molecular complexity index is 760. The number of rotatable bonds is 6. The van der Waals surface area contributed by atoms with Gasteiger partial charge in [-0.2, -0.15) is 0 Å². The molecule has 0 fully saturated rings. The van der Waals surface area contributed by atoms with E-state index in [-0.39, 0.29) is 10.6 Å². The van der Waals surface area contributed by atoms with E-state index in [9.17, 15) is 13.2 Å². The second kappa shape index (κ2) is 6.48. The van der Waals surface area contributed by atoms with E-state index in [4.69, 9.17) is 10.5 Å². The van der Waals surface area contributed by atoms with E-state index < -0.39 is 22.5 Å². The quantitative estimate of drug-likeness (QED) is 0.870. The molecule has 116 valence electrons. The summed E-state index contributed by atoms with van der Waals surface area (Å²) in [5.41, 5.74) is 5.47. The number of primary amides is 1. The third-order valence-corrected chi connectivity index (χ3v) is 4.76. The van der Waals surface area contributed by atoms with Crippen LogP contribution in [0.15, 0.2) is 59.5 Å². The number of benzene rings is 2. The summed E-state index contributed by atoms with van der Waals surface area (Å²) in [5.74, 6) is -0.423. The second-order valence-electron chi connectivity index (χ2n) is 4.46. The fourth-order valence-corrected chi connectivity index (χ4v) is 3.46. The molecule has 2 N–H and O–H groups in total. The molecule has 7 heteroatoms. The van der Waals surface area contributed by atoms with Gasteiger partial charge >= 0.3 is 0 Å². The fraction of sp³-hybridized carbons (Fsp3) is 0.133. The minimum absolute atomic E-state index is 0.0714. The number of hydrogen-bond donors (Lipinski definition) is 1. The molecule has 6 nitrogen and oxygen atoms in total. The summed E-state index contributed by atoms with van der Waals surface area (Å²) in [7, 11) is -2.50. The molecule has 1 amide bonds. The van der Waals surface area contributed by atoms with Crippen LogP contribution in [0, 0.1) is 0 Å². The van der Waals surface area contributed by atoms with Gasteiger partial charge in [-0.15, -0.1) is 0 Å². The molecule has 0 heterocycles. The van der Waals surface area contributed by atoms with Crippen LogP contribution in [0.2, 0.25) is 0 Å². The lowest BCUT2D eigenvalue weighted by Crippen LogP contribution is -2.38. The molecule has 0 saturated carbocycles. The number of hydrogen-bond acceptors (Lipinski definition) is 4. The molecule has 0 aliphatic heterocycles. The van der Waals surface area contributed by atoms with Gasteiger partial charge in [-0.1, -0.05) is 30.3 Å². The molecule has 0 aliphatic rings. The number of ether oxygens (including phenoxy) is 1. The highest BCUT2D eigenvalue weighted by molar-refractivity contribution is 7.92. The minimum Gasteiger partial charge on any atom is -0.495 e. The molecule has 2 rings (SSSR count). The van der Waals surface area contributed by atoms with Crippen molar-refractivity contribution >= 4 is 21.6 Å². The number of methoxy groups -OCH3 is 1. The van der Waals surface area contributed by atoms with Gasteiger partial charge in [0.15, 0.2) is 0 Å². The average molecular weight is 320 g/mol. The molecule has 22 heavy (non-hydrogen) atoms. The Labute approximate surface area is 129 Å². The third kappa shape index (κ3) is 3.20. The number of sulfonamides is 1. The van der Waals surface area contributed by atoms with E-state index in [0.717, 1.165) is 4.31 Å². The van der Waals surface area contributed by atoms with Gasteiger partial charge in [-0.25, -0.2) is 8.42 Å². The van der Waals surface area contributed by atoms with E-state index >= 15 is 0 Å². The van der Waals surface area contributed by atoms with Crippen molar-refractivity contribution < 1.29 is 17.9 Å². The normalized spacial score (nSPS) is 11.0. The van der Waals surface area contributed by atoms with Gasteiger partial charge in [0.1, 0.15) is 12.3 Å².